The van der Waals surface area contributed by atoms with Gasteiger partial charge in [0, 0.05) is 17.2 Å². The van der Waals surface area contributed by atoms with Crippen molar-refractivity contribution < 1.29 is 29.3 Å². The van der Waals surface area contributed by atoms with E-state index in [1.807, 2.05) is 0 Å². The van der Waals surface area contributed by atoms with Crippen LogP contribution in [0.1, 0.15) is 37.4 Å². The highest BCUT2D eigenvalue weighted by molar-refractivity contribution is 6.31. The summed E-state index contributed by atoms with van der Waals surface area (Å²) in [5.41, 5.74) is 0.354. The van der Waals surface area contributed by atoms with Crippen LogP contribution in [0.5, 0.6) is 23.0 Å². The summed E-state index contributed by atoms with van der Waals surface area (Å²) in [5.74, 6) is -1.51. The second-order valence-corrected chi connectivity index (χ2v) is 5.22. The van der Waals surface area contributed by atoms with Crippen LogP contribution >= 0.6 is 0 Å². The molecule has 0 heterocycles. The highest BCUT2D eigenvalue weighted by Crippen LogP contribution is 2.43. The number of rotatable bonds is 2. The summed E-state index contributed by atoms with van der Waals surface area (Å²) in [6.07, 6.45) is 0. The molecule has 0 amide bonds. The fourth-order valence-corrected chi connectivity index (χ4v) is 2.84. The number of ether oxygens (including phenoxy) is 2. The molecule has 0 radical (unpaired) electrons. The van der Waals surface area contributed by atoms with Gasteiger partial charge >= 0.3 is 0 Å². The van der Waals surface area contributed by atoms with E-state index in [-0.39, 0.29) is 39.5 Å². The normalized spacial score (nSPS) is 12.7. The third-order valence-corrected chi connectivity index (χ3v) is 3.93. The zero-order valence-corrected chi connectivity index (χ0v) is 12.8. The van der Waals surface area contributed by atoms with Crippen LogP contribution in [0, 0.1) is 6.92 Å². The fourth-order valence-electron chi connectivity index (χ4n) is 2.84. The second-order valence-electron chi connectivity index (χ2n) is 5.22. The molecule has 0 atom stereocenters. The number of phenolic OH excluding ortho intramolecular Hbond substituents is 2. The topological polar surface area (TPSA) is 93.1 Å². The molecule has 3 rings (SSSR count). The highest BCUT2D eigenvalue weighted by atomic mass is 16.5. The Morgan fingerprint density at radius 1 is 0.870 bits per heavy atom. The van der Waals surface area contributed by atoms with Crippen molar-refractivity contribution in [2.75, 3.05) is 14.2 Å². The van der Waals surface area contributed by atoms with Gasteiger partial charge in [-0.25, -0.2) is 0 Å². The van der Waals surface area contributed by atoms with Crippen molar-refractivity contribution >= 4 is 11.6 Å². The van der Waals surface area contributed by atoms with Crippen molar-refractivity contribution in [1.82, 2.24) is 0 Å². The Kier molecular flexibility index (Phi) is 3.25. The quantitative estimate of drug-likeness (QED) is 0.753. The van der Waals surface area contributed by atoms with Gasteiger partial charge in [0.1, 0.15) is 11.5 Å². The first kappa shape index (κ1) is 14.9. The van der Waals surface area contributed by atoms with Crippen molar-refractivity contribution in [3.8, 4) is 23.0 Å². The van der Waals surface area contributed by atoms with Crippen LogP contribution in [0.15, 0.2) is 18.2 Å². The number of hydrogen-bond donors (Lipinski definition) is 2. The van der Waals surface area contributed by atoms with E-state index in [9.17, 15) is 19.8 Å². The third-order valence-electron chi connectivity index (χ3n) is 3.93. The van der Waals surface area contributed by atoms with Crippen molar-refractivity contribution in [2.24, 2.45) is 0 Å². The SMILES string of the molecule is COc1cc(O)c2c(c1)C(=O)c1c(C)cc(OC)c(O)c1C2=O. The van der Waals surface area contributed by atoms with Gasteiger partial charge in [0.05, 0.1) is 25.3 Å². The van der Waals surface area contributed by atoms with Gasteiger partial charge < -0.3 is 19.7 Å². The highest BCUT2D eigenvalue weighted by Gasteiger charge is 2.37. The van der Waals surface area contributed by atoms with Gasteiger partial charge in [0.25, 0.3) is 0 Å². The molecule has 0 fully saturated rings. The molecule has 23 heavy (non-hydrogen) atoms. The van der Waals surface area contributed by atoms with E-state index in [4.69, 9.17) is 9.47 Å². The lowest BCUT2D eigenvalue weighted by Crippen LogP contribution is -2.22. The summed E-state index contributed by atoms with van der Waals surface area (Å²) in [7, 11) is 2.75. The van der Waals surface area contributed by atoms with Gasteiger partial charge in [-0.1, -0.05) is 0 Å². The van der Waals surface area contributed by atoms with Crippen LogP contribution in [-0.4, -0.2) is 36.0 Å². The van der Waals surface area contributed by atoms with E-state index >= 15 is 0 Å². The van der Waals surface area contributed by atoms with Gasteiger partial charge in [0.2, 0.25) is 5.78 Å². The minimum Gasteiger partial charge on any atom is -0.507 e. The number of aromatic hydroxyl groups is 2. The fraction of sp³-hybridized carbons (Fsp3) is 0.176. The molecule has 2 N–H and O–H groups in total. The largest absolute Gasteiger partial charge is 0.507 e. The summed E-state index contributed by atoms with van der Waals surface area (Å²) < 4.78 is 10.1. The van der Waals surface area contributed by atoms with E-state index in [0.29, 0.717) is 5.56 Å². The Labute approximate surface area is 131 Å². The number of aryl methyl sites for hydroxylation is 1. The van der Waals surface area contributed by atoms with Gasteiger partial charge in [-0.3, -0.25) is 9.59 Å². The number of ketones is 2. The van der Waals surface area contributed by atoms with E-state index in [1.165, 1.54) is 32.4 Å². The molecule has 1 aliphatic rings. The maximum atomic E-state index is 12.8. The minimum absolute atomic E-state index is 0.0482. The summed E-state index contributed by atoms with van der Waals surface area (Å²) in [6.45, 7) is 1.65. The summed E-state index contributed by atoms with van der Waals surface area (Å²) >= 11 is 0. The van der Waals surface area contributed by atoms with Crippen molar-refractivity contribution in [2.45, 2.75) is 6.92 Å². The lowest BCUT2D eigenvalue weighted by Gasteiger charge is -2.22. The number of methoxy groups -OCH3 is 2. The Morgan fingerprint density at radius 2 is 1.57 bits per heavy atom. The molecule has 0 saturated carbocycles. The molecule has 2 aromatic rings. The minimum atomic E-state index is -0.630. The number of carbonyl (C=O) groups excluding carboxylic acids is 2. The molecule has 0 saturated heterocycles. The number of phenols is 2. The second kappa shape index (κ2) is 5.01. The van der Waals surface area contributed by atoms with Crippen LogP contribution in [0.25, 0.3) is 0 Å². The molecule has 2 aromatic carbocycles. The average Bonchev–Trinajstić information content (AvgIpc) is 2.53. The molecule has 6 heteroatoms. The van der Waals surface area contributed by atoms with Crippen molar-refractivity contribution in [1.29, 1.82) is 0 Å². The van der Waals surface area contributed by atoms with Gasteiger partial charge in [-0.2, -0.15) is 0 Å². The molecular weight excluding hydrogens is 300 g/mol. The number of carbonyl (C=O) groups is 2. The summed E-state index contributed by atoms with van der Waals surface area (Å²) in [4.78, 5) is 25.5. The molecule has 6 nitrogen and oxygen atoms in total. The van der Waals surface area contributed by atoms with Crippen LogP contribution in [-0.2, 0) is 0 Å². The van der Waals surface area contributed by atoms with E-state index in [0.717, 1.165) is 0 Å². The van der Waals surface area contributed by atoms with Gasteiger partial charge in [0.15, 0.2) is 17.3 Å². The lowest BCUT2D eigenvalue weighted by molar-refractivity contribution is 0.0972. The molecule has 0 bridgehead atoms. The average molecular weight is 314 g/mol. The standard InChI is InChI=1S/C17H14O6/c1-7-4-11(23-3)16(20)14-12(7)15(19)9-5-8(22-2)6-10(18)13(9)17(14)21/h4-6,18,20H,1-3H3. The van der Waals surface area contributed by atoms with Crippen molar-refractivity contribution in [3.05, 3.63) is 46.0 Å². The Morgan fingerprint density at radius 3 is 2.17 bits per heavy atom. The maximum absolute atomic E-state index is 12.8. The molecule has 0 spiro atoms. The molecule has 0 aromatic heterocycles. The van der Waals surface area contributed by atoms with E-state index < -0.39 is 17.3 Å². The van der Waals surface area contributed by atoms with Crippen LogP contribution in [0.3, 0.4) is 0 Å². The molecule has 118 valence electrons. The Balaban J connectivity index is 2.38. The third kappa shape index (κ3) is 1.95. The van der Waals surface area contributed by atoms with E-state index in [1.54, 1.807) is 6.92 Å². The lowest BCUT2D eigenvalue weighted by atomic mass is 9.81. The van der Waals surface area contributed by atoms with Gasteiger partial charge in [-0.15, -0.1) is 0 Å². The molecule has 0 aliphatic heterocycles. The zero-order chi connectivity index (χ0) is 16.9. The first-order valence-electron chi connectivity index (χ1n) is 6.81. The molecular formula is C17H14O6. The number of benzene rings is 2. The predicted molar refractivity (Wildman–Crippen MR) is 80.9 cm³/mol. The number of fused-ring (bicyclic) bond motifs is 2. The first-order chi connectivity index (χ1) is 10.9. The zero-order valence-electron chi connectivity index (χ0n) is 12.8. The summed E-state index contributed by atoms with van der Waals surface area (Å²) in [5, 5.41) is 20.4. The van der Waals surface area contributed by atoms with Crippen LogP contribution < -0.4 is 9.47 Å². The monoisotopic (exact) mass is 314 g/mol. The van der Waals surface area contributed by atoms with Crippen LogP contribution in [0.2, 0.25) is 0 Å². The smallest absolute Gasteiger partial charge is 0.202 e. The Bertz CT molecular complexity index is 866. The molecule has 0 unspecified atom stereocenters. The Hall–Kier alpha value is -3.02. The van der Waals surface area contributed by atoms with E-state index in [2.05, 4.69) is 0 Å². The summed E-state index contributed by atoms with van der Waals surface area (Å²) in [6, 6.07) is 4.14. The van der Waals surface area contributed by atoms with Gasteiger partial charge in [-0.05, 0) is 24.6 Å². The molecule has 1 aliphatic carbocycles. The maximum Gasteiger partial charge on any atom is 0.202 e. The number of hydrogen-bond acceptors (Lipinski definition) is 6. The first-order valence-corrected chi connectivity index (χ1v) is 6.81. The predicted octanol–water partition coefficient (Wildman–Crippen LogP) is 2.20. The van der Waals surface area contributed by atoms with Crippen LogP contribution in [0.4, 0.5) is 0 Å². The van der Waals surface area contributed by atoms with Crippen molar-refractivity contribution in [3.63, 3.8) is 0 Å².